The molecule has 0 atom stereocenters. The van der Waals surface area contributed by atoms with Gasteiger partial charge in [-0.05, 0) is 38.1 Å². The monoisotopic (exact) mass is 434 g/mol. The third kappa shape index (κ3) is 3.73. The molecule has 1 saturated heterocycles. The minimum Gasteiger partial charge on any atom is -0.317 e. The quantitative estimate of drug-likeness (QED) is 0.589. The van der Waals surface area contributed by atoms with Crippen molar-refractivity contribution in [3.8, 4) is 0 Å². The summed E-state index contributed by atoms with van der Waals surface area (Å²) >= 11 is 0. The Kier molecular flexibility index (Phi) is 6.04. The number of aryl methyl sites for hydroxylation is 2. The van der Waals surface area contributed by atoms with Crippen LogP contribution in [-0.2, 0) is 21.1 Å². The lowest BCUT2D eigenvalue weighted by Gasteiger charge is -2.19. The first-order valence-electron chi connectivity index (χ1n) is 9.36. The van der Waals surface area contributed by atoms with Crippen LogP contribution in [0.1, 0.15) is 35.1 Å². The highest BCUT2D eigenvalue weighted by atomic mass is 35.5. The van der Waals surface area contributed by atoms with Crippen LogP contribution >= 0.6 is 12.4 Å². The van der Waals surface area contributed by atoms with E-state index in [4.69, 9.17) is 0 Å². The topological polar surface area (TPSA) is 129 Å². The maximum absolute atomic E-state index is 12.7. The third-order valence-corrected chi connectivity index (χ3v) is 5.24. The fourth-order valence-electron chi connectivity index (χ4n) is 3.51. The summed E-state index contributed by atoms with van der Waals surface area (Å²) in [4.78, 5) is 45.8. The van der Waals surface area contributed by atoms with Crippen molar-refractivity contribution in [3.05, 3.63) is 44.5 Å². The van der Waals surface area contributed by atoms with Gasteiger partial charge in [-0.2, -0.15) is 10.1 Å². The number of amides is 1. The molecule has 1 aliphatic heterocycles. The van der Waals surface area contributed by atoms with E-state index in [-0.39, 0.29) is 35.1 Å². The molecule has 0 unspecified atom stereocenters. The van der Waals surface area contributed by atoms with E-state index in [0.717, 1.165) is 30.5 Å². The zero-order valence-electron chi connectivity index (χ0n) is 16.9. The van der Waals surface area contributed by atoms with E-state index in [0.29, 0.717) is 11.8 Å². The average molecular weight is 435 g/mol. The number of piperidine rings is 1. The van der Waals surface area contributed by atoms with Crippen molar-refractivity contribution in [1.82, 2.24) is 34.2 Å². The van der Waals surface area contributed by atoms with E-state index in [9.17, 15) is 14.4 Å². The van der Waals surface area contributed by atoms with E-state index in [2.05, 4.69) is 25.7 Å². The molecule has 4 heterocycles. The molecule has 3 aromatic rings. The lowest BCUT2D eigenvalue weighted by atomic mass is 9.98. The Morgan fingerprint density at radius 2 is 1.80 bits per heavy atom. The smallest absolute Gasteiger partial charge is 0.317 e. The number of nitrogens with zero attached hydrogens (tertiary/aromatic N) is 6. The molecule has 12 heteroatoms. The Morgan fingerprint density at radius 1 is 1.10 bits per heavy atom. The molecule has 0 bridgehead atoms. The van der Waals surface area contributed by atoms with Crippen LogP contribution in [0.4, 0.5) is 5.95 Å². The van der Waals surface area contributed by atoms with Crippen molar-refractivity contribution in [3.63, 3.8) is 0 Å². The number of hydrogen-bond donors (Lipinski definition) is 2. The van der Waals surface area contributed by atoms with Crippen LogP contribution in [-0.4, -0.2) is 47.9 Å². The van der Waals surface area contributed by atoms with Crippen LogP contribution in [0.5, 0.6) is 0 Å². The number of rotatable bonds is 3. The molecule has 0 radical (unpaired) electrons. The molecule has 160 valence electrons. The van der Waals surface area contributed by atoms with Gasteiger partial charge in [0.15, 0.2) is 5.82 Å². The first-order valence-corrected chi connectivity index (χ1v) is 9.36. The van der Waals surface area contributed by atoms with E-state index in [1.54, 1.807) is 7.05 Å². The summed E-state index contributed by atoms with van der Waals surface area (Å²) in [7, 11) is 4.62. The van der Waals surface area contributed by atoms with Crippen molar-refractivity contribution in [1.29, 1.82) is 0 Å². The largest absolute Gasteiger partial charge is 0.332 e. The standard InChI is InChI=1S/C18H22N8O3.ClH/c1-24-14-11(16(28)25(2)18(24)29)4-5-12(20-14)15(27)22-17-21-13(23-26(17)3)10-6-8-19-9-7-10;/h4-5,10,19H,6-9H2,1-3H3,(H,21,22,23,27);1H. The zero-order chi connectivity index (χ0) is 20.7. The van der Waals surface area contributed by atoms with Gasteiger partial charge in [0.25, 0.3) is 11.5 Å². The highest BCUT2D eigenvalue weighted by molar-refractivity contribution is 6.02. The lowest BCUT2D eigenvalue weighted by molar-refractivity contribution is 0.102. The van der Waals surface area contributed by atoms with Gasteiger partial charge in [0.1, 0.15) is 11.3 Å². The van der Waals surface area contributed by atoms with Crippen LogP contribution in [0.25, 0.3) is 11.0 Å². The molecule has 30 heavy (non-hydrogen) atoms. The second kappa shape index (κ2) is 8.36. The lowest BCUT2D eigenvalue weighted by Crippen LogP contribution is -2.37. The highest BCUT2D eigenvalue weighted by Gasteiger charge is 2.22. The van der Waals surface area contributed by atoms with Crippen LogP contribution < -0.4 is 21.9 Å². The molecule has 0 spiro atoms. The maximum atomic E-state index is 12.7. The first kappa shape index (κ1) is 21.7. The molecule has 1 fully saturated rings. The second-order valence-corrected chi connectivity index (χ2v) is 7.17. The van der Waals surface area contributed by atoms with Crippen LogP contribution in [0.3, 0.4) is 0 Å². The van der Waals surface area contributed by atoms with Crippen molar-refractivity contribution < 1.29 is 4.79 Å². The van der Waals surface area contributed by atoms with Crippen molar-refractivity contribution in [2.24, 2.45) is 21.1 Å². The van der Waals surface area contributed by atoms with Gasteiger partial charge in [0, 0.05) is 27.1 Å². The summed E-state index contributed by atoms with van der Waals surface area (Å²) in [6.45, 7) is 1.84. The number of nitrogens with one attached hydrogen (secondary N) is 2. The van der Waals surface area contributed by atoms with Gasteiger partial charge in [0.2, 0.25) is 5.95 Å². The Balaban J connectivity index is 0.00000256. The SMILES string of the molecule is Cl.Cn1nc(C2CCNCC2)nc1NC(=O)c1ccc2c(=O)n(C)c(=O)n(C)c2n1. The predicted octanol–water partition coefficient (Wildman–Crippen LogP) is -0.0982. The van der Waals surface area contributed by atoms with Gasteiger partial charge in [-0.1, -0.05) is 0 Å². The van der Waals surface area contributed by atoms with Crippen LogP contribution in [0.15, 0.2) is 21.7 Å². The molecular formula is C18H23ClN8O3. The van der Waals surface area contributed by atoms with Gasteiger partial charge < -0.3 is 5.32 Å². The molecule has 1 amide bonds. The number of pyridine rings is 1. The Morgan fingerprint density at radius 3 is 2.50 bits per heavy atom. The fourth-order valence-corrected chi connectivity index (χ4v) is 3.51. The van der Waals surface area contributed by atoms with E-state index >= 15 is 0 Å². The van der Waals surface area contributed by atoms with Gasteiger partial charge in [0.05, 0.1) is 5.39 Å². The second-order valence-electron chi connectivity index (χ2n) is 7.17. The van der Waals surface area contributed by atoms with Crippen molar-refractivity contribution in [2.75, 3.05) is 18.4 Å². The number of anilines is 1. The zero-order valence-corrected chi connectivity index (χ0v) is 17.7. The summed E-state index contributed by atoms with van der Waals surface area (Å²) < 4.78 is 3.78. The van der Waals surface area contributed by atoms with E-state index in [1.165, 1.54) is 35.5 Å². The Bertz CT molecular complexity index is 1220. The molecule has 3 aromatic heterocycles. The average Bonchev–Trinajstić information content (AvgIpc) is 3.11. The number of carbonyl (C=O) groups is 1. The summed E-state index contributed by atoms with van der Waals surface area (Å²) in [5, 5.41) is 10.7. The van der Waals surface area contributed by atoms with E-state index < -0.39 is 17.2 Å². The van der Waals surface area contributed by atoms with Crippen molar-refractivity contribution >= 4 is 35.3 Å². The van der Waals surface area contributed by atoms with Crippen LogP contribution in [0.2, 0.25) is 0 Å². The highest BCUT2D eigenvalue weighted by Crippen LogP contribution is 2.23. The van der Waals surface area contributed by atoms with Gasteiger partial charge in [-0.15, -0.1) is 12.4 Å². The van der Waals surface area contributed by atoms with E-state index in [1.807, 2.05) is 0 Å². The van der Waals surface area contributed by atoms with Gasteiger partial charge in [-0.25, -0.2) is 14.5 Å². The Hall–Kier alpha value is -3.05. The third-order valence-electron chi connectivity index (χ3n) is 5.24. The Labute approximate surface area is 177 Å². The molecule has 0 saturated carbocycles. The molecule has 11 nitrogen and oxygen atoms in total. The molecule has 2 N–H and O–H groups in total. The number of hydrogen-bond acceptors (Lipinski definition) is 7. The predicted molar refractivity (Wildman–Crippen MR) is 113 cm³/mol. The fraction of sp³-hybridized carbons (Fsp3) is 0.444. The summed E-state index contributed by atoms with van der Waals surface area (Å²) in [6, 6.07) is 2.95. The maximum Gasteiger partial charge on any atom is 0.332 e. The minimum absolute atomic E-state index is 0. The van der Waals surface area contributed by atoms with Crippen molar-refractivity contribution in [2.45, 2.75) is 18.8 Å². The summed E-state index contributed by atoms with van der Waals surface area (Å²) in [6.07, 6.45) is 1.90. The normalized spacial score (nSPS) is 14.5. The number of halogens is 1. The number of carbonyl (C=O) groups excluding carboxylic acids is 1. The first-order chi connectivity index (χ1) is 13.9. The minimum atomic E-state index is -0.507. The molecule has 0 aromatic carbocycles. The van der Waals surface area contributed by atoms with Crippen LogP contribution in [0, 0.1) is 0 Å². The number of fused-ring (bicyclic) bond motifs is 1. The summed E-state index contributed by atoms with van der Waals surface area (Å²) in [5.41, 5.74) is -0.735. The van der Waals surface area contributed by atoms with Gasteiger partial charge in [-0.3, -0.25) is 24.0 Å². The van der Waals surface area contributed by atoms with Gasteiger partial charge >= 0.3 is 5.69 Å². The molecule has 0 aliphatic carbocycles. The molecule has 4 rings (SSSR count). The summed E-state index contributed by atoms with van der Waals surface area (Å²) in [5.74, 6) is 0.801. The molecular weight excluding hydrogens is 412 g/mol. The molecule has 1 aliphatic rings. The number of aromatic nitrogens is 6.